The number of urea groups is 1. The van der Waals surface area contributed by atoms with Crippen molar-refractivity contribution in [3.63, 3.8) is 0 Å². The van der Waals surface area contributed by atoms with Crippen molar-refractivity contribution in [3.8, 4) is 11.5 Å². The van der Waals surface area contributed by atoms with E-state index >= 15 is 0 Å². The number of hydrogen-bond acceptors (Lipinski definition) is 4. The molecule has 4 atom stereocenters. The number of anilines is 1. The standard InChI is InChI=1S/C19H29N3O3/c1-4-13-12-22-6-5-14(13)7-16(22)11-20-19(23)21-15-8-17(24-2)10-18(9-15)25-3/h8-10,13-14,16H,4-7,11-12H2,1-3H3,(H2,20,21,23). The molecule has 3 fully saturated rings. The van der Waals surface area contributed by atoms with E-state index in [4.69, 9.17) is 9.47 Å². The van der Waals surface area contributed by atoms with E-state index in [1.807, 2.05) is 0 Å². The van der Waals surface area contributed by atoms with Crippen LogP contribution in [0.5, 0.6) is 11.5 Å². The van der Waals surface area contributed by atoms with Crippen molar-refractivity contribution in [2.75, 3.05) is 39.2 Å². The summed E-state index contributed by atoms with van der Waals surface area (Å²) in [5.41, 5.74) is 0.658. The van der Waals surface area contributed by atoms with Crippen LogP contribution in [-0.2, 0) is 0 Å². The molecule has 6 heteroatoms. The van der Waals surface area contributed by atoms with Crippen LogP contribution in [0, 0.1) is 11.8 Å². The number of carbonyl (C=O) groups is 1. The molecule has 0 aromatic heterocycles. The van der Waals surface area contributed by atoms with Crippen molar-refractivity contribution in [2.24, 2.45) is 11.8 Å². The highest BCUT2D eigenvalue weighted by molar-refractivity contribution is 5.89. The molecule has 3 aliphatic heterocycles. The number of piperidine rings is 3. The van der Waals surface area contributed by atoms with Crippen molar-refractivity contribution < 1.29 is 14.3 Å². The predicted octanol–water partition coefficient (Wildman–Crippen LogP) is 2.95. The van der Waals surface area contributed by atoms with Crippen LogP contribution < -0.4 is 20.1 Å². The van der Waals surface area contributed by atoms with E-state index < -0.39 is 0 Å². The van der Waals surface area contributed by atoms with Crippen molar-refractivity contribution in [2.45, 2.75) is 32.2 Å². The van der Waals surface area contributed by atoms with Crippen LogP contribution >= 0.6 is 0 Å². The highest BCUT2D eigenvalue weighted by Gasteiger charge is 2.38. The summed E-state index contributed by atoms with van der Waals surface area (Å²) in [7, 11) is 3.18. The van der Waals surface area contributed by atoms with Gasteiger partial charge in [0.1, 0.15) is 11.5 Å². The van der Waals surface area contributed by atoms with Gasteiger partial charge < -0.3 is 20.1 Å². The molecular weight excluding hydrogens is 318 g/mol. The average Bonchev–Trinajstić information content (AvgIpc) is 2.66. The highest BCUT2D eigenvalue weighted by Crippen LogP contribution is 2.37. The second-order valence-electron chi connectivity index (χ2n) is 7.04. The molecule has 0 radical (unpaired) electrons. The van der Waals surface area contributed by atoms with E-state index in [-0.39, 0.29) is 6.03 Å². The number of fused-ring (bicyclic) bond motifs is 3. The van der Waals surface area contributed by atoms with Gasteiger partial charge in [0, 0.05) is 43.0 Å². The summed E-state index contributed by atoms with van der Waals surface area (Å²) in [6, 6.07) is 5.61. The van der Waals surface area contributed by atoms with E-state index in [1.54, 1.807) is 32.4 Å². The summed E-state index contributed by atoms with van der Waals surface area (Å²) in [4.78, 5) is 14.8. The summed E-state index contributed by atoms with van der Waals surface area (Å²) in [6.07, 6.45) is 3.77. The molecule has 3 heterocycles. The van der Waals surface area contributed by atoms with E-state index in [1.165, 1.54) is 32.4 Å². The molecule has 4 unspecified atom stereocenters. The van der Waals surface area contributed by atoms with Crippen LogP contribution in [0.1, 0.15) is 26.2 Å². The topological polar surface area (TPSA) is 62.8 Å². The first-order valence-corrected chi connectivity index (χ1v) is 9.15. The average molecular weight is 347 g/mol. The van der Waals surface area contributed by atoms with Crippen molar-refractivity contribution in [1.82, 2.24) is 10.2 Å². The molecule has 2 N–H and O–H groups in total. The molecule has 25 heavy (non-hydrogen) atoms. The Kier molecular flexibility index (Phi) is 5.68. The highest BCUT2D eigenvalue weighted by atomic mass is 16.5. The maximum atomic E-state index is 12.3. The number of nitrogens with one attached hydrogen (secondary N) is 2. The van der Waals surface area contributed by atoms with E-state index in [0.29, 0.717) is 29.8 Å². The molecule has 2 amide bonds. The van der Waals surface area contributed by atoms with E-state index in [2.05, 4.69) is 22.5 Å². The van der Waals surface area contributed by atoms with Crippen LogP contribution in [0.15, 0.2) is 18.2 Å². The molecular formula is C19H29N3O3. The number of benzene rings is 1. The molecule has 1 aromatic carbocycles. The Morgan fingerprint density at radius 1 is 1.24 bits per heavy atom. The Morgan fingerprint density at radius 2 is 1.96 bits per heavy atom. The molecule has 0 saturated carbocycles. The molecule has 0 aliphatic carbocycles. The first kappa shape index (κ1) is 17.9. The van der Waals surface area contributed by atoms with Crippen LogP contribution in [0.3, 0.4) is 0 Å². The van der Waals surface area contributed by atoms with Crippen molar-refractivity contribution >= 4 is 11.7 Å². The smallest absolute Gasteiger partial charge is 0.319 e. The second-order valence-corrected chi connectivity index (χ2v) is 7.04. The number of methoxy groups -OCH3 is 2. The van der Waals surface area contributed by atoms with Crippen LogP contribution in [0.25, 0.3) is 0 Å². The zero-order chi connectivity index (χ0) is 17.8. The number of ether oxygens (including phenoxy) is 2. The van der Waals surface area contributed by atoms with Gasteiger partial charge in [0.05, 0.1) is 14.2 Å². The van der Waals surface area contributed by atoms with E-state index in [9.17, 15) is 4.79 Å². The maximum Gasteiger partial charge on any atom is 0.319 e. The van der Waals surface area contributed by atoms with Crippen molar-refractivity contribution in [1.29, 1.82) is 0 Å². The molecule has 1 aromatic rings. The molecule has 2 bridgehead atoms. The van der Waals surface area contributed by atoms with Gasteiger partial charge in [-0.15, -0.1) is 0 Å². The number of hydrogen-bond donors (Lipinski definition) is 2. The molecule has 3 aliphatic rings. The van der Waals surface area contributed by atoms with Gasteiger partial charge in [0.2, 0.25) is 0 Å². The second kappa shape index (κ2) is 7.95. The minimum atomic E-state index is -0.190. The van der Waals surface area contributed by atoms with Crippen molar-refractivity contribution in [3.05, 3.63) is 18.2 Å². The minimum Gasteiger partial charge on any atom is -0.497 e. The molecule has 138 valence electrons. The Hall–Kier alpha value is -1.95. The Labute approximate surface area is 149 Å². The van der Waals surface area contributed by atoms with Gasteiger partial charge in [-0.05, 0) is 31.2 Å². The van der Waals surface area contributed by atoms with Crippen LogP contribution in [0.2, 0.25) is 0 Å². The SMILES string of the molecule is CCC1CN2CCC1CC2CNC(=O)Nc1cc(OC)cc(OC)c1. The third-order valence-electron chi connectivity index (χ3n) is 5.65. The fourth-order valence-corrected chi connectivity index (χ4v) is 4.19. The van der Waals surface area contributed by atoms with Crippen LogP contribution in [-0.4, -0.2) is 50.8 Å². The largest absolute Gasteiger partial charge is 0.497 e. The number of rotatable bonds is 6. The molecule has 0 spiro atoms. The summed E-state index contributed by atoms with van der Waals surface area (Å²) in [5, 5.41) is 5.89. The summed E-state index contributed by atoms with van der Waals surface area (Å²) >= 11 is 0. The third-order valence-corrected chi connectivity index (χ3v) is 5.65. The monoisotopic (exact) mass is 347 g/mol. The summed E-state index contributed by atoms with van der Waals surface area (Å²) in [6.45, 7) is 5.33. The van der Waals surface area contributed by atoms with E-state index in [0.717, 1.165) is 11.8 Å². The number of amides is 2. The van der Waals surface area contributed by atoms with Gasteiger partial charge in [-0.2, -0.15) is 0 Å². The Balaban J connectivity index is 1.52. The fraction of sp³-hybridized carbons (Fsp3) is 0.632. The van der Waals surface area contributed by atoms with Gasteiger partial charge in [0.25, 0.3) is 0 Å². The third kappa shape index (κ3) is 4.18. The predicted molar refractivity (Wildman–Crippen MR) is 98.4 cm³/mol. The molecule has 4 rings (SSSR count). The normalized spacial score (nSPS) is 27.6. The Bertz CT molecular complexity index is 585. The molecule has 6 nitrogen and oxygen atoms in total. The van der Waals surface area contributed by atoms with Gasteiger partial charge in [0.15, 0.2) is 0 Å². The van der Waals surface area contributed by atoms with Gasteiger partial charge in [-0.3, -0.25) is 4.90 Å². The first-order valence-electron chi connectivity index (χ1n) is 9.15. The van der Waals surface area contributed by atoms with Crippen LogP contribution in [0.4, 0.5) is 10.5 Å². The van der Waals surface area contributed by atoms with Gasteiger partial charge in [-0.1, -0.05) is 13.3 Å². The summed E-state index contributed by atoms with van der Waals surface area (Å²) < 4.78 is 10.5. The fourth-order valence-electron chi connectivity index (χ4n) is 4.19. The lowest BCUT2D eigenvalue weighted by Gasteiger charge is -2.49. The van der Waals surface area contributed by atoms with Gasteiger partial charge >= 0.3 is 6.03 Å². The zero-order valence-corrected chi connectivity index (χ0v) is 15.4. The maximum absolute atomic E-state index is 12.3. The lowest BCUT2D eigenvalue weighted by Crippen LogP contribution is -2.56. The number of nitrogens with zero attached hydrogens (tertiary/aromatic N) is 1. The summed E-state index contributed by atoms with van der Waals surface area (Å²) in [5.74, 6) is 2.96. The number of carbonyl (C=O) groups excluding carboxylic acids is 1. The Morgan fingerprint density at radius 3 is 2.52 bits per heavy atom. The zero-order valence-electron chi connectivity index (χ0n) is 15.4. The molecule has 3 saturated heterocycles. The van der Waals surface area contributed by atoms with Gasteiger partial charge in [-0.25, -0.2) is 4.79 Å². The lowest BCUT2D eigenvalue weighted by atomic mass is 9.74. The minimum absolute atomic E-state index is 0.190. The first-order chi connectivity index (χ1) is 12.1. The quantitative estimate of drug-likeness (QED) is 0.830. The lowest BCUT2D eigenvalue weighted by molar-refractivity contribution is 0.00159.